The third kappa shape index (κ3) is 2.78. The molecule has 0 aromatic heterocycles. The molecule has 5 atom stereocenters. The predicted octanol–water partition coefficient (Wildman–Crippen LogP) is 2.56. The Morgan fingerprint density at radius 2 is 2.11 bits per heavy atom. The van der Waals surface area contributed by atoms with Gasteiger partial charge in [-0.2, -0.15) is 0 Å². The molecular formula is C14H24O4S. The first kappa shape index (κ1) is 15.1. The molecule has 1 saturated carbocycles. The number of hydrogen-bond donors (Lipinski definition) is 2. The van der Waals surface area contributed by atoms with Crippen LogP contribution in [0, 0.1) is 23.7 Å². The summed E-state index contributed by atoms with van der Waals surface area (Å²) in [7, 11) is 0. The first-order valence-corrected chi connectivity index (χ1v) is 7.98. The molecule has 1 heterocycles. The van der Waals surface area contributed by atoms with E-state index < -0.39 is 16.3 Å². The third-order valence-electron chi connectivity index (χ3n) is 4.56. The van der Waals surface area contributed by atoms with Gasteiger partial charge >= 0.3 is 5.97 Å². The Morgan fingerprint density at radius 1 is 1.42 bits per heavy atom. The highest BCUT2D eigenvalue weighted by molar-refractivity contribution is 8.01. The zero-order chi connectivity index (χ0) is 14.2. The van der Waals surface area contributed by atoms with Crippen LogP contribution in [-0.4, -0.2) is 33.2 Å². The lowest BCUT2D eigenvalue weighted by molar-refractivity contribution is -0.162. The first-order chi connectivity index (χ1) is 8.86. The summed E-state index contributed by atoms with van der Waals surface area (Å²) in [5.74, 6) is 0.369. The summed E-state index contributed by atoms with van der Waals surface area (Å²) < 4.78 is 5.60. The molecule has 0 aromatic carbocycles. The van der Waals surface area contributed by atoms with Crippen LogP contribution in [0.15, 0.2) is 0 Å². The third-order valence-corrected chi connectivity index (χ3v) is 5.91. The van der Waals surface area contributed by atoms with Crippen molar-refractivity contribution in [3.8, 4) is 0 Å². The van der Waals surface area contributed by atoms with Crippen LogP contribution in [0.1, 0.15) is 40.0 Å². The highest BCUT2D eigenvalue weighted by atomic mass is 32.2. The molecule has 1 saturated heterocycles. The quantitative estimate of drug-likeness (QED) is 0.835. The summed E-state index contributed by atoms with van der Waals surface area (Å²) in [4.78, 5) is 10.5. The standard InChI is InChI=1S/C14H24O4S/c1-8(2)10-5-4-9(3)6-11(10)14(13(16)17)18-7-12(15)19-14/h8-12,15H,4-7H2,1-3H3,(H,16,17). The van der Waals surface area contributed by atoms with Crippen LogP contribution in [-0.2, 0) is 9.53 Å². The number of carboxylic acids is 1. The van der Waals surface area contributed by atoms with Gasteiger partial charge in [-0.1, -0.05) is 39.0 Å². The van der Waals surface area contributed by atoms with Crippen molar-refractivity contribution in [1.82, 2.24) is 0 Å². The summed E-state index contributed by atoms with van der Waals surface area (Å²) in [5.41, 5.74) is -0.721. The van der Waals surface area contributed by atoms with Gasteiger partial charge in [0.15, 0.2) is 0 Å². The van der Waals surface area contributed by atoms with E-state index in [0.717, 1.165) is 31.0 Å². The number of hydrogen-bond acceptors (Lipinski definition) is 4. The van der Waals surface area contributed by atoms with E-state index in [1.165, 1.54) is 0 Å². The van der Waals surface area contributed by atoms with Gasteiger partial charge in [-0.15, -0.1) is 0 Å². The van der Waals surface area contributed by atoms with Crippen molar-refractivity contribution in [2.45, 2.75) is 50.4 Å². The molecule has 2 rings (SSSR count). The van der Waals surface area contributed by atoms with Crippen LogP contribution >= 0.6 is 11.8 Å². The number of carboxylic acid groups (broad SMARTS) is 1. The molecular weight excluding hydrogens is 264 g/mol. The minimum atomic E-state index is -1.25. The predicted molar refractivity (Wildman–Crippen MR) is 74.7 cm³/mol. The number of thioether (sulfide) groups is 1. The second-order valence-corrected chi connectivity index (χ2v) is 7.68. The highest BCUT2D eigenvalue weighted by Crippen LogP contribution is 2.52. The zero-order valence-electron chi connectivity index (χ0n) is 11.8. The highest BCUT2D eigenvalue weighted by Gasteiger charge is 2.57. The van der Waals surface area contributed by atoms with Crippen molar-refractivity contribution in [1.29, 1.82) is 0 Å². The number of carbonyl (C=O) groups is 1. The van der Waals surface area contributed by atoms with Crippen molar-refractivity contribution in [2.75, 3.05) is 6.61 Å². The molecule has 2 aliphatic rings. The average molecular weight is 288 g/mol. The number of rotatable bonds is 3. The molecule has 0 amide bonds. The largest absolute Gasteiger partial charge is 0.478 e. The van der Waals surface area contributed by atoms with Crippen LogP contribution in [0.5, 0.6) is 0 Å². The molecule has 2 N–H and O–H groups in total. The van der Waals surface area contributed by atoms with Gasteiger partial charge in [-0.3, -0.25) is 0 Å². The Hall–Kier alpha value is -0.260. The Bertz CT molecular complexity index is 346. The number of aliphatic hydroxyl groups excluding tert-OH is 1. The molecule has 0 bridgehead atoms. The van der Waals surface area contributed by atoms with E-state index in [1.807, 2.05) is 0 Å². The Morgan fingerprint density at radius 3 is 2.58 bits per heavy atom. The van der Waals surface area contributed by atoms with E-state index in [1.54, 1.807) is 0 Å². The SMILES string of the molecule is CC1CCC(C(C)C)C(C2(C(=O)O)OCC(O)S2)C1. The van der Waals surface area contributed by atoms with Gasteiger partial charge in [0.05, 0.1) is 6.61 Å². The summed E-state index contributed by atoms with van der Waals surface area (Å²) in [6, 6.07) is 0. The maximum absolute atomic E-state index is 11.8. The minimum absolute atomic E-state index is 0.0177. The smallest absolute Gasteiger partial charge is 0.347 e. The van der Waals surface area contributed by atoms with Crippen molar-refractivity contribution in [3.63, 3.8) is 0 Å². The normalized spacial score (nSPS) is 43.6. The fourth-order valence-electron chi connectivity index (χ4n) is 3.57. The molecule has 0 spiro atoms. The molecule has 19 heavy (non-hydrogen) atoms. The molecule has 5 unspecified atom stereocenters. The van der Waals surface area contributed by atoms with E-state index >= 15 is 0 Å². The van der Waals surface area contributed by atoms with Gasteiger partial charge in [0.1, 0.15) is 5.44 Å². The van der Waals surface area contributed by atoms with E-state index in [-0.39, 0.29) is 12.5 Å². The van der Waals surface area contributed by atoms with Gasteiger partial charge in [0, 0.05) is 5.92 Å². The Labute approximate surface area is 118 Å². The lowest BCUT2D eigenvalue weighted by atomic mass is 9.67. The van der Waals surface area contributed by atoms with Gasteiger partial charge in [-0.25, -0.2) is 4.79 Å². The molecule has 4 nitrogen and oxygen atoms in total. The minimum Gasteiger partial charge on any atom is -0.478 e. The lowest BCUT2D eigenvalue weighted by Crippen LogP contribution is -2.49. The summed E-state index contributed by atoms with van der Waals surface area (Å²) >= 11 is 1.08. The van der Waals surface area contributed by atoms with Gasteiger partial charge in [0.25, 0.3) is 0 Å². The van der Waals surface area contributed by atoms with E-state index in [2.05, 4.69) is 20.8 Å². The second kappa shape index (κ2) is 5.62. The van der Waals surface area contributed by atoms with Crippen molar-refractivity contribution in [2.24, 2.45) is 23.7 Å². The summed E-state index contributed by atoms with van der Waals surface area (Å²) in [6.07, 6.45) is 3.08. The Balaban J connectivity index is 2.30. The van der Waals surface area contributed by atoms with Crippen LogP contribution in [0.25, 0.3) is 0 Å². The van der Waals surface area contributed by atoms with E-state index in [9.17, 15) is 15.0 Å². The monoisotopic (exact) mass is 288 g/mol. The molecule has 1 aliphatic heterocycles. The maximum atomic E-state index is 11.8. The maximum Gasteiger partial charge on any atom is 0.347 e. The van der Waals surface area contributed by atoms with Crippen LogP contribution in [0.3, 0.4) is 0 Å². The topological polar surface area (TPSA) is 66.8 Å². The molecule has 0 radical (unpaired) electrons. The molecule has 1 aliphatic carbocycles. The van der Waals surface area contributed by atoms with E-state index in [4.69, 9.17) is 4.74 Å². The lowest BCUT2D eigenvalue weighted by Gasteiger charge is -2.44. The molecule has 2 fully saturated rings. The van der Waals surface area contributed by atoms with Crippen LogP contribution in [0.2, 0.25) is 0 Å². The van der Waals surface area contributed by atoms with Gasteiger partial charge in [-0.05, 0) is 30.6 Å². The molecule has 5 heteroatoms. The van der Waals surface area contributed by atoms with Crippen molar-refractivity contribution >= 4 is 17.7 Å². The summed E-state index contributed by atoms with van der Waals surface area (Å²) in [6.45, 7) is 6.60. The van der Waals surface area contributed by atoms with Gasteiger partial charge in [0.2, 0.25) is 4.93 Å². The zero-order valence-corrected chi connectivity index (χ0v) is 12.7. The first-order valence-electron chi connectivity index (χ1n) is 7.10. The average Bonchev–Trinajstić information content (AvgIpc) is 2.72. The van der Waals surface area contributed by atoms with Crippen LogP contribution in [0.4, 0.5) is 0 Å². The number of aliphatic carboxylic acids is 1. The van der Waals surface area contributed by atoms with Crippen molar-refractivity contribution in [3.05, 3.63) is 0 Å². The summed E-state index contributed by atoms with van der Waals surface area (Å²) in [5, 5.41) is 19.4. The fourth-order valence-corrected chi connectivity index (χ4v) is 4.79. The molecule has 110 valence electrons. The van der Waals surface area contributed by atoms with Gasteiger partial charge < -0.3 is 14.9 Å². The second-order valence-electron chi connectivity index (χ2n) is 6.29. The molecule has 0 aromatic rings. The van der Waals surface area contributed by atoms with Crippen LogP contribution < -0.4 is 0 Å². The van der Waals surface area contributed by atoms with E-state index in [0.29, 0.717) is 17.8 Å². The number of ether oxygens (including phenoxy) is 1. The van der Waals surface area contributed by atoms with Crippen molar-refractivity contribution < 1.29 is 19.7 Å². The Kier molecular flexibility index (Phi) is 4.48. The number of aliphatic hydroxyl groups is 1. The fraction of sp³-hybridized carbons (Fsp3) is 0.929.